The number of pyridine rings is 2. The van der Waals surface area contributed by atoms with Crippen LogP contribution >= 0.6 is 18.8 Å². The summed E-state index contributed by atoms with van der Waals surface area (Å²) in [7, 11) is 9.75. The summed E-state index contributed by atoms with van der Waals surface area (Å²) in [6.07, 6.45) is 4.48. The van der Waals surface area contributed by atoms with Crippen molar-refractivity contribution in [2.45, 2.75) is 34.1 Å². The van der Waals surface area contributed by atoms with Crippen molar-refractivity contribution in [3.05, 3.63) is 36.7 Å². The van der Waals surface area contributed by atoms with Crippen molar-refractivity contribution in [3.8, 4) is 22.9 Å². The molecule has 0 atom stereocenters. The van der Waals surface area contributed by atoms with E-state index in [0.717, 1.165) is 32.8 Å². The van der Waals surface area contributed by atoms with Gasteiger partial charge in [-0.1, -0.05) is 6.92 Å². The van der Waals surface area contributed by atoms with Gasteiger partial charge in [0, 0.05) is 51.0 Å². The zero-order valence-electron chi connectivity index (χ0n) is 25.3. The van der Waals surface area contributed by atoms with Gasteiger partial charge in [0.25, 0.3) is 0 Å². The van der Waals surface area contributed by atoms with Crippen LogP contribution in [0.5, 0.6) is 11.5 Å². The van der Waals surface area contributed by atoms with Gasteiger partial charge < -0.3 is 37.9 Å². The average molecular weight is 819 g/mol. The Morgan fingerprint density at radius 2 is 0.857 bits per heavy atom. The van der Waals surface area contributed by atoms with E-state index in [1.54, 1.807) is 12.4 Å². The van der Waals surface area contributed by atoms with E-state index in [1.807, 2.05) is 45.0 Å². The van der Waals surface area contributed by atoms with Gasteiger partial charge in [0.05, 0.1) is 64.2 Å². The second-order valence-corrected chi connectivity index (χ2v) is 11.2. The first-order chi connectivity index (χ1) is 20.7. The normalized spacial score (nSPS) is 10.4. The second-order valence-electron chi connectivity index (χ2n) is 7.92. The molecule has 0 saturated heterocycles. The fourth-order valence-corrected chi connectivity index (χ4v) is 2.96. The van der Waals surface area contributed by atoms with Crippen LogP contribution in [0.25, 0.3) is 11.4 Å². The summed E-state index contributed by atoms with van der Waals surface area (Å²) in [6, 6.07) is 7.32. The van der Waals surface area contributed by atoms with Gasteiger partial charge in [-0.25, -0.2) is 0 Å². The molecule has 2 rings (SSSR count). The first kappa shape index (κ1) is 40.9. The Labute approximate surface area is 268 Å². The average Bonchev–Trinajstić information content (AvgIpc) is 3.01. The zero-order valence-corrected chi connectivity index (χ0v) is 29.1. The first-order valence-corrected chi connectivity index (χ1v) is 19.8. The fourth-order valence-electron chi connectivity index (χ4n) is 2.96. The third-order valence-corrected chi connectivity index (χ3v) is 4.79. The molecular weight excluding hydrogens is 770 g/mol. The van der Waals surface area contributed by atoms with Crippen molar-refractivity contribution < 1.29 is 54.4 Å². The predicted molar refractivity (Wildman–Crippen MR) is 162 cm³/mol. The molecule has 0 unspecified atom stereocenters. The minimum absolute atomic E-state index is 0.454. The summed E-state index contributed by atoms with van der Waals surface area (Å²) in [6.45, 7) is 16.7. The molecule has 0 aromatic carbocycles. The molecule has 0 fully saturated rings. The van der Waals surface area contributed by atoms with Crippen LogP contribution < -0.4 is 9.47 Å². The van der Waals surface area contributed by atoms with Crippen molar-refractivity contribution >= 4 is 18.8 Å². The predicted octanol–water partition coefficient (Wildman–Crippen LogP) is 5.83. The first-order valence-electron chi connectivity index (χ1n) is 14.1. The molecule has 10 nitrogen and oxygen atoms in total. The van der Waals surface area contributed by atoms with Gasteiger partial charge in [-0.15, -0.1) is 0 Å². The third-order valence-electron chi connectivity index (χ3n) is 4.79. The Bertz CT molecular complexity index is 780. The summed E-state index contributed by atoms with van der Waals surface area (Å²) in [5.41, 5.74) is 1.42. The van der Waals surface area contributed by atoms with Gasteiger partial charge in [-0.3, -0.25) is 9.97 Å². The summed E-state index contributed by atoms with van der Waals surface area (Å²) in [4.78, 5) is 8.77. The van der Waals surface area contributed by atoms with E-state index >= 15 is 0 Å². The van der Waals surface area contributed by atoms with Gasteiger partial charge >= 0.3 is 35.3 Å². The Morgan fingerprint density at radius 3 is 1.21 bits per heavy atom. The number of hydrogen-bond acceptors (Lipinski definition) is 10. The molecule has 0 bridgehead atoms. The summed E-state index contributed by atoms with van der Waals surface area (Å²) < 4.78 is 43.0. The summed E-state index contributed by atoms with van der Waals surface area (Å²) in [5, 5.41) is 0. The van der Waals surface area contributed by atoms with Crippen LogP contribution in [0.3, 0.4) is 0 Å². The molecule has 42 heavy (non-hydrogen) atoms. The monoisotopic (exact) mass is 817 g/mol. The van der Waals surface area contributed by atoms with Gasteiger partial charge in [0.15, 0.2) is 0 Å². The molecule has 0 radical (unpaired) electrons. The van der Waals surface area contributed by atoms with Crippen molar-refractivity contribution in [3.63, 3.8) is 0 Å². The van der Waals surface area contributed by atoms with Crippen LogP contribution in [0.4, 0.5) is 0 Å². The maximum absolute atomic E-state index is 5.73. The van der Waals surface area contributed by atoms with Gasteiger partial charge in [-0.05, 0) is 39.3 Å². The number of rotatable bonds is 23. The van der Waals surface area contributed by atoms with Crippen LogP contribution in [-0.4, -0.2) is 102 Å². The van der Waals surface area contributed by atoms with Crippen LogP contribution in [-0.2, 0) is 44.9 Å². The zero-order chi connectivity index (χ0) is 30.9. The Morgan fingerprint density at radius 1 is 0.524 bits per heavy atom. The van der Waals surface area contributed by atoms with Gasteiger partial charge in [0.2, 0.25) is 0 Å². The van der Waals surface area contributed by atoms with Crippen molar-refractivity contribution in [1.82, 2.24) is 9.97 Å². The molecule has 0 aliphatic rings. The van der Waals surface area contributed by atoms with Crippen LogP contribution in [0.2, 0.25) is 0 Å². The van der Waals surface area contributed by atoms with E-state index in [9.17, 15) is 0 Å². The van der Waals surface area contributed by atoms with E-state index in [0.29, 0.717) is 89.0 Å². The Hall–Kier alpha value is -1.07. The molecule has 2 aromatic heterocycles. The van der Waals surface area contributed by atoms with Crippen molar-refractivity contribution in [1.29, 1.82) is 0 Å². The van der Waals surface area contributed by atoms with Crippen LogP contribution in [0, 0.1) is 0 Å². The quantitative estimate of drug-likeness (QED) is 0.128. The molecule has 13 heteroatoms. The summed E-state index contributed by atoms with van der Waals surface area (Å²) >= 11 is -0.472. The Balaban J connectivity index is 0.00000118. The van der Waals surface area contributed by atoms with Crippen molar-refractivity contribution in [2.75, 3.05) is 92.5 Å². The molecule has 0 aliphatic carbocycles. The maximum atomic E-state index is 5.73. The molecule has 246 valence electrons. The minimum atomic E-state index is -0.472. The molecule has 0 amide bonds. The molecule has 2 heterocycles. The summed E-state index contributed by atoms with van der Waals surface area (Å²) in [5.74, 6) is 1.42. The Kier molecular flexibility index (Phi) is 32.0. The number of nitrogens with zero attached hydrogens (tertiary/aromatic N) is 2. The van der Waals surface area contributed by atoms with Crippen molar-refractivity contribution in [2.24, 2.45) is 0 Å². The van der Waals surface area contributed by atoms with E-state index in [1.165, 1.54) is 0 Å². The van der Waals surface area contributed by atoms with Gasteiger partial charge in [-0.2, -0.15) is 0 Å². The molecule has 0 N–H and O–H groups in total. The third kappa shape index (κ3) is 25.4. The van der Waals surface area contributed by atoms with Gasteiger partial charge in [0.1, 0.15) is 24.7 Å². The number of aromatic nitrogens is 2. The van der Waals surface area contributed by atoms with E-state index in [-0.39, 0.29) is 0 Å². The van der Waals surface area contributed by atoms with E-state index in [4.69, 9.17) is 56.7 Å². The standard InChI is InChI=1S/C22H32N2O6.C7H16O2.2ClH.Pt/c1-3-25-9-11-27-13-15-29-19-5-7-23-21(17-19)22-18-20(6-8-24-22)30-16-14-28-12-10-26-4-2;1-3-5-9-7-6-8-4-2;;;/h5-8,17-18H,3-4,9-16H2,1-2H3;3-7H2,1-2H3;2*1H;/q;;;;+2/p-2. The topological polar surface area (TPSA) is 99.6 Å². The molecular formula is C29H48Cl2N2O8Pt. The molecule has 0 aliphatic heterocycles. The molecule has 2 aromatic rings. The van der Waals surface area contributed by atoms with E-state index < -0.39 is 16.5 Å². The second kappa shape index (κ2) is 32.8. The van der Waals surface area contributed by atoms with E-state index in [2.05, 4.69) is 16.9 Å². The number of halogens is 2. The number of hydrogen-bond donors (Lipinski definition) is 0. The molecule has 0 spiro atoms. The molecule has 0 saturated carbocycles. The van der Waals surface area contributed by atoms with Crippen LogP contribution in [0.15, 0.2) is 36.7 Å². The number of ether oxygens (including phenoxy) is 8. The SMILES string of the molecule is CCCOCCOCC.CCOCCOCCOc1ccnc(-c2cc(OCCOCCOCC)ccn2)c1.[Cl][Pt][Cl]. The van der Waals surface area contributed by atoms with Crippen LogP contribution in [0.1, 0.15) is 34.1 Å². The fraction of sp³-hybridized carbons (Fsp3) is 0.655.